The van der Waals surface area contributed by atoms with Crippen LogP contribution in [0, 0.1) is 5.82 Å². The molecule has 9 nitrogen and oxygen atoms in total. The zero-order valence-electron chi connectivity index (χ0n) is 20.5. The summed E-state index contributed by atoms with van der Waals surface area (Å²) in [7, 11) is 1.55. The summed E-state index contributed by atoms with van der Waals surface area (Å²) in [5, 5.41) is 0. The first-order chi connectivity index (χ1) is 18.0. The summed E-state index contributed by atoms with van der Waals surface area (Å²) in [5.74, 6) is 0.972. The third kappa shape index (κ3) is 4.83. The second kappa shape index (κ2) is 10.3. The maximum atomic E-state index is 14.3. The van der Waals surface area contributed by atoms with Crippen molar-refractivity contribution in [3.63, 3.8) is 0 Å². The predicted octanol–water partition coefficient (Wildman–Crippen LogP) is 4.57. The van der Waals surface area contributed by atoms with Gasteiger partial charge in [0, 0.05) is 35.7 Å². The molecule has 0 fully saturated rings. The van der Waals surface area contributed by atoms with Crippen LogP contribution in [0.25, 0.3) is 39.5 Å². The van der Waals surface area contributed by atoms with E-state index in [9.17, 15) is 9.18 Å². The number of hydrogen-bond acceptors (Lipinski definition) is 7. The molecule has 0 aliphatic heterocycles. The SMILES string of the molecule is CCCCC(N)c1nc(-c2ccc(OC)nc2)c2nc(-c3cccc(F)c3)n(-c3ccc(=O)[nH]c3)c2n1. The van der Waals surface area contributed by atoms with Crippen molar-refractivity contribution >= 4 is 11.2 Å². The van der Waals surface area contributed by atoms with Crippen LogP contribution in [0.1, 0.15) is 38.1 Å². The third-order valence-electron chi connectivity index (χ3n) is 6.05. The Kier molecular flexibility index (Phi) is 6.74. The number of halogens is 1. The van der Waals surface area contributed by atoms with Crippen LogP contribution in [-0.2, 0) is 0 Å². The van der Waals surface area contributed by atoms with E-state index in [0.717, 1.165) is 12.8 Å². The molecule has 10 heteroatoms. The normalized spacial score (nSPS) is 12.1. The monoisotopic (exact) mass is 499 g/mol. The number of pyridine rings is 2. The number of nitrogens with zero attached hydrogens (tertiary/aromatic N) is 5. The molecule has 0 spiro atoms. The van der Waals surface area contributed by atoms with E-state index in [2.05, 4.69) is 16.9 Å². The van der Waals surface area contributed by atoms with E-state index in [4.69, 9.17) is 25.4 Å². The Morgan fingerprint density at radius 1 is 1.11 bits per heavy atom. The molecule has 0 saturated carbocycles. The van der Waals surface area contributed by atoms with E-state index >= 15 is 0 Å². The Labute approximate surface area is 212 Å². The van der Waals surface area contributed by atoms with Gasteiger partial charge < -0.3 is 15.5 Å². The molecule has 1 aromatic carbocycles. The van der Waals surface area contributed by atoms with Crippen molar-refractivity contribution < 1.29 is 9.13 Å². The van der Waals surface area contributed by atoms with Gasteiger partial charge in [0.2, 0.25) is 11.4 Å². The van der Waals surface area contributed by atoms with Gasteiger partial charge in [-0.25, -0.2) is 24.3 Å². The average molecular weight is 500 g/mol. The number of H-pyrrole nitrogens is 1. The number of benzene rings is 1. The molecule has 4 heterocycles. The van der Waals surface area contributed by atoms with Gasteiger partial charge in [0.05, 0.1) is 18.8 Å². The summed E-state index contributed by atoms with van der Waals surface area (Å²) >= 11 is 0. The number of aromatic nitrogens is 6. The lowest BCUT2D eigenvalue weighted by atomic mass is 10.1. The largest absolute Gasteiger partial charge is 0.481 e. The van der Waals surface area contributed by atoms with Gasteiger partial charge >= 0.3 is 0 Å². The van der Waals surface area contributed by atoms with Crippen molar-refractivity contribution in [3.05, 3.63) is 82.9 Å². The first kappa shape index (κ1) is 24.3. The molecule has 5 rings (SSSR count). The summed E-state index contributed by atoms with van der Waals surface area (Å²) < 4.78 is 21.2. The lowest BCUT2D eigenvalue weighted by Gasteiger charge is -2.13. The lowest BCUT2D eigenvalue weighted by molar-refractivity contribution is 0.398. The van der Waals surface area contributed by atoms with Gasteiger partial charge in [0.1, 0.15) is 28.7 Å². The molecule has 37 heavy (non-hydrogen) atoms. The standard InChI is InChI=1S/C27H26FN7O2/c1-3-4-8-20(29)25-32-23(17-9-12-22(37-2)31-14-17)24-27(34-25)35(19-10-11-21(36)30-15-19)26(33-24)16-6-5-7-18(28)13-16/h5-7,9-15,20H,3-4,8,29H2,1-2H3,(H,30,36). The summed E-state index contributed by atoms with van der Waals surface area (Å²) in [6.07, 6.45) is 5.86. The minimum atomic E-state index is -0.398. The van der Waals surface area contributed by atoms with E-state index in [1.54, 1.807) is 48.3 Å². The summed E-state index contributed by atoms with van der Waals surface area (Å²) in [4.78, 5) is 33.4. The maximum Gasteiger partial charge on any atom is 0.248 e. The summed E-state index contributed by atoms with van der Waals surface area (Å²) in [5.41, 5.74) is 9.64. The van der Waals surface area contributed by atoms with Crippen molar-refractivity contribution in [1.82, 2.24) is 29.5 Å². The Bertz CT molecular complexity index is 1590. The fraction of sp³-hybridized carbons (Fsp3) is 0.222. The average Bonchev–Trinajstić information content (AvgIpc) is 3.31. The van der Waals surface area contributed by atoms with Gasteiger partial charge in [0.25, 0.3) is 0 Å². The zero-order chi connectivity index (χ0) is 25.9. The van der Waals surface area contributed by atoms with Crippen molar-refractivity contribution in [2.24, 2.45) is 5.73 Å². The summed E-state index contributed by atoms with van der Waals surface area (Å²) in [6, 6.07) is 12.4. The Morgan fingerprint density at radius 2 is 1.97 bits per heavy atom. The van der Waals surface area contributed by atoms with Crippen LogP contribution >= 0.6 is 0 Å². The van der Waals surface area contributed by atoms with E-state index in [1.807, 2.05) is 6.07 Å². The number of aromatic amines is 1. The molecule has 0 saturated heterocycles. The summed E-state index contributed by atoms with van der Waals surface area (Å²) in [6.45, 7) is 2.10. The molecule has 5 aromatic rings. The molecule has 0 radical (unpaired) electrons. The van der Waals surface area contributed by atoms with Gasteiger partial charge in [-0.05, 0) is 30.7 Å². The molecular formula is C27H26FN7O2. The molecule has 3 N–H and O–H groups in total. The number of hydrogen-bond donors (Lipinski definition) is 2. The van der Waals surface area contributed by atoms with Gasteiger partial charge in [-0.15, -0.1) is 0 Å². The number of unbranched alkanes of at least 4 members (excludes halogenated alkanes) is 1. The van der Waals surface area contributed by atoms with E-state index in [0.29, 0.717) is 57.6 Å². The fourth-order valence-corrected chi connectivity index (χ4v) is 4.14. The van der Waals surface area contributed by atoms with Crippen LogP contribution in [0.4, 0.5) is 4.39 Å². The second-order valence-electron chi connectivity index (χ2n) is 8.63. The number of nitrogens with two attached hydrogens (primary N) is 1. The van der Waals surface area contributed by atoms with Crippen molar-refractivity contribution in [3.8, 4) is 34.2 Å². The van der Waals surface area contributed by atoms with Gasteiger partial charge in [-0.1, -0.05) is 31.9 Å². The van der Waals surface area contributed by atoms with Crippen molar-refractivity contribution in [2.75, 3.05) is 7.11 Å². The highest BCUT2D eigenvalue weighted by Crippen LogP contribution is 2.33. The van der Waals surface area contributed by atoms with Crippen LogP contribution in [-0.4, -0.2) is 36.6 Å². The lowest BCUT2D eigenvalue weighted by Crippen LogP contribution is -2.15. The number of methoxy groups -OCH3 is 1. The molecular weight excluding hydrogens is 473 g/mol. The topological polar surface area (TPSA) is 125 Å². The van der Waals surface area contributed by atoms with Gasteiger partial charge in [-0.3, -0.25) is 9.36 Å². The number of rotatable bonds is 8. The number of nitrogens with one attached hydrogen (secondary N) is 1. The first-order valence-corrected chi connectivity index (χ1v) is 12.0. The minimum absolute atomic E-state index is 0.248. The minimum Gasteiger partial charge on any atom is -0.481 e. The highest BCUT2D eigenvalue weighted by molar-refractivity contribution is 5.91. The smallest absolute Gasteiger partial charge is 0.248 e. The van der Waals surface area contributed by atoms with Gasteiger partial charge in [0.15, 0.2) is 5.65 Å². The molecule has 0 aliphatic carbocycles. The molecule has 1 unspecified atom stereocenters. The zero-order valence-corrected chi connectivity index (χ0v) is 20.5. The van der Waals surface area contributed by atoms with Crippen LogP contribution in [0.5, 0.6) is 5.88 Å². The Hall–Kier alpha value is -4.44. The molecule has 0 aliphatic rings. The highest BCUT2D eigenvalue weighted by Gasteiger charge is 2.23. The number of fused-ring (bicyclic) bond motifs is 1. The molecule has 188 valence electrons. The first-order valence-electron chi connectivity index (χ1n) is 12.0. The number of imidazole rings is 1. The van der Waals surface area contributed by atoms with Crippen molar-refractivity contribution in [2.45, 2.75) is 32.2 Å². The van der Waals surface area contributed by atoms with Crippen molar-refractivity contribution in [1.29, 1.82) is 0 Å². The van der Waals surface area contributed by atoms with E-state index in [1.165, 1.54) is 18.2 Å². The quantitative estimate of drug-likeness (QED) is 0.320. The van der Waals surface area contributed by atoms with Gasteiger partial charge in [-0.2, -0.15) is 0 Å². The predicted molar refractivity (Wildman–Crippen MR) is 139 cm³/mol. The van der Waals surface area contributed by atoms with Crippen LogP contribution in [0.15, 0.2) is 65.7 Å². The molecule has 1 atom stereocenters. The fourth-order valence-electron chi connectivity index (χ4n) is 4.14. The third-order valence-corrected chi connectivity index (χ3v) is 6.05. The van der Waals surface area contributed by atoms with E-state index < -0.39 is 11.9 Å². The van der Waals surface area contributed by atoms with Crippen LogP contribution in [0.2, 0.25) is 0 Å². The van der Waals surface area contributed by atoms with Crippen LogP contribution < -0.4 is 16.0 Å². The highest BCUT2D eigenvalue weighted by atomic mass is 19.1. The van der Waals surface area contributed by atoms with E-state index in [-0.39, 0.29) is 5.56 Å². The second-order valence-corrected chi connectivity index (χ2v) is 8.63. The Balaban J connectivity index is 1.84. The number of ether oxygens (including phenoxy) is 1. The molecule has 0 amide bonds. The Morgan fingerprint density at radius 3 is 2.65 bits per heavy atom. The van der Waals surface area contributed by atoms with Crippen LogP contribution in [0.3, 0.4) is 0 Å². The molecule has 0 bridgehead atoms. The maximum absolute atomic E-state index is 14.3. The molecule has 4 aromatic heterocycles.